The minimum absolute atomic E-state index is 0.153. The zero-order chi connectivity index (χ0) is 14.0. The van der Waals surface area contributed by atoms with E-state index in [0.29, 0.717) is 35.7 Å². The van der Waals surface area contributed by atoms with Crippen molar-refractivity contribution in [2.75, 3.05) is 7.11 Å². The molecule has 0 N–H and O–H groups in total. The molecule has 0 spiro atoms. The minimum Gasteiger partial charge on any atom is -0.468 e. The average Bonchev–Trinajstić information content (AvgIpc) is 2.42. The molecule has 1 aromatic rings. The summed E-state index contributed by atoms with van der Waals surface area (Å²) in [6.07, 6.45) is 1.53. The van der Waals surface area contributed by atoms with Gasteiger partial charge in [-0.15, -0.1) is 0 Å². The van der Waals surface area contributed by atoms with Gasteiger partial charge < -0.3 is 4.74 Å². The van der Waals surface area contributed by atoms with Crippen molar-refractivity contribution in [1.82, 2.24) is 0 Å². The number of carbonyl (C=O) groups excluding carboxylic acids is 2. The highest BCUT2D eigenvalue weighted by molar-refractivity contribution is 9.10. The van der Waals surface area contributed by atoms with Gasteiger partial charge in [-0.2, -0.15) is 0 Å². The summed E-state index contributed by atoms with van der Waals surface area (Å²) in [5.74, 6) is -0.588. The summed E-state index contributed by atoms with van der Waals surface area (Å²) in [6, 6.07) is 4.51. The lowest BCUT2D eigenvalue weighted by Gasteiger charge is -2.34. The SMILES string of the molecule is COC(=O)C1(c2ccc(F)c(Br)c2)CCC(=O)CC1. The van der Waals surface area contributed by atoms with E-state index >= 15 is 0 Å². The molecule has 0 aromatic heterocycles. The van der Waals surface area contributed by atoms with E-state index in [4.69, 9.17) is 4.74 Å². The summed E-state index contributed by atoms with van der Waals surface area (Å²) >= 11 is 3.13. The summed E-state index contributed by atoms with van der Waals surface area (Å²) in [7, 11) is 1.33. The Bertz CT molecular complexity index is 517. The van der Waals surface area contributed by atoms with Crippen molar-refractivity contribution in [3.63, 3.8) is 0 Å². The molecule has 3 nitrogen and oxygen atoms in total. The normalized spacial score (nSPS) is 18.2. The number of methoxy groups -OCH3 is 1. The van der Waals surface area contributed by atoms with Gasteiger partial charge in [-0.3, -0.25) is 9.59 Å². The molecule has 1 aromatic carbocycles. The number of ketones is 1. The molecule has 1 saturated carbocycles. The fraction of sp³-hybridized carbons (Fsp3) is 0.429. The molecule has 0 atom stereocenters. The number of hydrogen-bond acceptors (Lipinski definition) is 3. The molecule has 0 amide bonds. The molecule has 5 heteroatoms. The maximum Gasteiger partial charge on any atom is 0.316 e. The van der Waals surface area contributed by atoms with Crippen LogP contribution in [0.5, 0.6) is 0 Å². The summed E-state index contributed by atoms with van der Waals surface area (Å²) in [4.78, 5) is 23.5. The van der Waals surface area contributed by atoms with E-state index in [9.17, 15) is 14.0 Å². The standard InChI is InChI=1S/C14H14BrFO3/c1-19-13(18)14(6-4-10(17)5-7-14)9-2-3-12(16)11(15)8-9/h2-3,8H,4-7H2,1H3. The van der Waals surface area contributed by atoms with Crippen LogP contribution in [-0.2, 0) is 19.7 Å². The third kappa shape index (κ3) is 2.56. The van der Waals surface area contributed by atoms with Gasteiger partial charge in [-0.1, -0.05) is 6.07 Å². The third-order valence-electron chi connectivity index (χ3n) is 3.71. The van der Waals surface area contributed by atoms with Crippen LogP contribution < -0.4 is 0 Å². The van der Waals surface area contributed by atoms with Crippen molar-refractivity contribution in [2.24, 2.45) is 0 Å². The highest BCUT2D eigenvalue weighted by Crippen LogP contribution is 2.40. The largest absolute Gasteiger partial charge is 0.468 e. The first-order valence-electron chi connectivity index (χ1n) is 6.05. The highest BCUT2D eigenvalue weighted by atomic mass is 79.9. The Kier molecular flexibility index (Phi) is 4.04. The van der Waals surface area contributed by atoms with Crippen molar-refractivity contribution in [3.05, 3.63) is 34.1 Å². The molecule has 1 aliphatic rings. The Morgan fingerprint density at radius 3 is 2.53 bits per heavy atom. The maximum absolute atomic E-state index is 13.3. The van der Waals surface area contributed by atoms with E-state index in [-0.39, 0.29) is 17.6 Å². The smallest absolute Gasteiger partial charge is 0.316 e. The number of carbonyl (C=O) groups is 2. The first-order chi connectivity index (χ1) is 8.99. The van der Waals surface area contributed by atoms with Crippen LogP contribution in [0.3, 0.4) is 0 Å². The monoisotopic (exact) mass is 328 g/mol. The molecule has 0 heterocycles. The second-order valence-corrected chi connectivity index (χ2v) is 5.60. The summed E-state index contributed by atoms with van der Waals surface area (Å²) in [6.45, 7) is 0. The van der Waals surface area contributed by atoms with Crippen LogP contribution in [0.4, 0.5) is 4.39 Å². The molecule has 1 aliphatic carbocycles. The quantitative estimate of drug-likeness (QED) is 0.783. The molecule has 0 saturated heterocycles. The van der Waals surface area contributed by atoms with Crippen molar-refractivity contribution in [3.8, 4) is 0 Å². The van der Waals surface area contributed by atoms with E-state index in [2.05, 4.69) is 15.9 Å². The zero-order valence-corrected chi connectivity index (χ0v) is 12.1. The number of hydrogen-bond donors (Lipinski definition) is 0. The van der Waals surface area contributed by atoms with Gasteiger partial charge in [-0.05, 0) is 46.5 Å². The number of esters is 1. The summed E-state index contributed by atoms with van der Waals surface area (Å²) in [5.41, 5.74) is -0.140. The molecule has 0 bridgehead atoms. The highest BCUT2D eigenvalue weighted by Gasteiger charge is 2.44. The Morgan fingerprint density at radius 1 is 1.37 bits per heavy atom. The predicted molar refractivity (Wildman–Crippen MR) is 71.3 cm³/mol. The number of halogens is 2. The Morgan fingerprint density at radius 2 is 2.00 bits per heavy atom. The molecule has 0 radical (unpaired) electrons. The van der Waals surface area contributed by atoms with E-state index in [0.717, 1.165) is 0 Å². The van der Waals surface area contributed by atoms with Gasteiger partial charge in [0.25, 0.3) is 0 Å². The second kappa shape index (κ2) is 5.41. The fourth-order valence-electron chi connectivity index (χ4n) is 2.56. The topological polar surface area (TPSA) is 43.4 Å². The minimum atomic E-state index is -0.834. The van der Waals surface area contributed by atoms with Crippen LogP contribution in [0, 0.1) is 5.82 Å². The van der Waals surface area contributed by atoms with Gasteiger partial charge >= 0.3 is 5.97 Å². The Balaban J connectivity index is 2.45. The van der Waals surface area contributed by atoms with E-state index in [1.54, 1.807) is 12.1 Å². The summed E-state index contributed by atoms with van der Waals surface area (Å²) in [5, 5.41) is 0. The van der Waals surface area contributed by atoms with Crippen molar-refractivity contribution < 1.29 is 18.7 Å². The molecule has 19 heavy (non-hydrogen) atoms. The molecular weight excluding hydrogens is 315 g/mol. The van der Waals surface area contributed by atoms with E-state index in [1.807, 2.05) is 0 Å². The van der Waals surface area contributed by atoms with Crippen molar-refractivity contribution in [2.45, 2.75) is 31.1 Å². The number of rotatable bonds is 2. The number of Topliss-reactive ketones (excluding diaryl/α,β-unsaturated/α-hetero) is 1. The second-order valence-electron chi connectivity index (χ2n) is 4.74. The van der Waals surface area contributed by atoms with Crippen LogP contribution >= 0.6 is 15.9 Å². The molecule has 0 aliphatic heterocycles. The van der Waals surface area contributed by atoms with E-state index in [1.165, 1.54) is 13.2 Å². The van der Waals surface area contributed by atoms with Crippen LogP contribution in [0.1, 0.15) is 31.2 Å². The molecule has 2 rings (SSSR count). The maximum atomic E-state index is 13.3. The Labute approximate surface area is 119 Å². The molecule has 0 unspecified atom stereocenters. The van der Waals surface area contributed by atoms with Gasteiger partial charge in [-0.25, -0.2) is 4.39 Å². The van der Waals surface area contributed by atoms with Crippen molar-refractivity contribution >= 4 is 27.7 Å². The predicted octanol–water partition coefficient (Wildman–Crippen LogP) is 3.14. The van der Waals surface area contributed by atoms with Gasteiger partial charge in [0.15, 0.2) is 0 Å². The lowest BCUT2D eigenvalue weighted by atomic mass is 9.69. The van der Waals surface area contributed by atoms with Crippen LogP contribution in [-0.4, -0.2) is 18.9 Å². The number of ether oxygens (including phenoxy) is 1. The molecule has 102 valence electrons. The third-order valence-corrected chi connectivity index (χ3v) is 4.32. The van der Waals surface area contributed by atoms with Crippen molar-refractivity contribution in [1.29, 1.82) is 0 Å². The Hall–Kier alpha value is -1.23. The van der Waals surface area contributed by atoms with Gasteiger partial charge in [0.2, 0.25) is 0 Å². The summed E-state index contributed by atoms with van der Waals surface area (Å²) < 4.78 is 18.5. The van der Waals surface area contributed by atoms with Crippen LogP contribution in [0.25, 0.3) is 0 Å². The van der Waals surface area contributed by atoms with E-state index < -0.39 is 5.41 Å². The first kappa shape index (κ1) is 14.2. The first-order valence-corrected chi connectivity index (χ1v) is 6.84. The van der Waals surface area contributed by atoms with Crippen LogP contribution in [0.2, 0.25) is 0 Å². The zero-order valence-electron chi connectivity index (χ0n) is 10.5. The van der Waals surface area contributed by atoms with Crippen LogP contribution in [0.15, 0.2) is 22.7 Å². The fourth-order valence-corrected chi connectivity index (χ4v) is 2.93. The molecule has 1 fully saturated rings. The lowest BCUT2D eigenvalue weighted by Crippen LogP contribution is -2.40. The van der Waals surface area contributed by atoms with Gasteiger partial charge in [0.05, 0.1) is 17.0 Å². The number of benzene rings is 1. The lowest BCUT2D eigenvalue weighted by molar-refractivity contribution is -0.149. The van der Waals surface area contributed by atoms with Gasteiger partial charge in [0.1, 0.15) is 11.6 Å². The van der Waals surface area contributed by atoms with Gasteiger partial charge in [0, 0.05) is 12.8 Å². The molecular formula is C14H14BrFO3. The average molecular weight is 329 g/mol.